The maximum atomic E-state index is 13.6. The number of ether oxygens (including phenoxy) is 1. The maximum Gasteiger partial charge on any atom is 0.341 e. The molecule has 1 radical (unpaired) electrons. The molecule has 0 aromatic heterocycles. The van der Waals surface area contributed by atoms with Gasteiger partial charge in [-0.1, -0.05) is 6.07 Å². The Balaban J connectivity index is 3.11. The van der Waals surface area contributed by atoms with Crippen LogP contribution in [0.3, 0.4) is 0 Å². The molecule has 0 aliphatic carbocycles. The summed E-state index contributed by atoms with van der Waals surface area (Å²) >= 11 is 0. The van der Waals surface area contributed by atoms with Crippen LogP contribution in [0.1, 0.15) is 41.5 Å². The van der Waals surface area contributed by atoms with E-state index in [1.807, 2.05) is 0 Å². The number of carboxylic acids is 1. The summed E-state index contributed by atoms with van der Waals surface area (Å²) in [5.74, 6) is -3.51. The van der Waals surface area contributed by atoms with E-state index in [1.165, 1.54) is 6.07 Å². The summed E-state index contributed by atoms with van der Waals surface area (Å²) < 4.78 is 18.6. The van der Waals surface area contributed by atoms with Crippen molar-refractivity contribution >= 4 is 11.9 Å². The van der Waals surface area contributed by atoms with Gasteiger partial charge in [-0.3, -0.25) is 0 Å². The van der Waals surface area contributed by atoms with Crippen molar-refractivity contribution in [3.05, 3.63) is 35.1 Å². The van der Waals surface area contributed by atoms with E-state index < -0.39 is 34.5 Å². The fraction of sp³-hybridized carbons (Fsp3) is 0.333. The highest BCUT2D eigenvalue weighted by Gasteiger charge is 2.23. The van der Waals surface area contributed by atoms with Crippen LogP contribution in [0, 0.1) is 11.9 Å². The Labute approximate surface area is 98.0 Å². The number of benzene rings is 1. The quantitative estimate of drug-likeness (QED) is 0.804. The van der Waals surface area contributed by atoms with Crippen LogP contribution in [0.5, 0.6) is 0 Å². The van der Waals surface area contributed by atoms with E-state index in [0.717, 1.165) is 6.07 Å². The summed E-state index contributed by atoms with van der Waals surface area (Å²) in [5.41, 5.74) is -1.85. The normalized spacial score (nSPS) is 11.1. The molecule has 5 heteroatoms. The van der Waals surface area contributed by atoms with E-state index >= 15 is 0 Å². The molecule has 1 N–H and O–H groups in total. The van der Waals surface area contributed by atoms with Crippen LogP contribution in [0.4, 0.5) is 4.39 Å². The van der Waals surface area contributed by atoms with Gasteiger partial charge in [0.05, 0.1) is 5.56 Å². The highest BCUT2D eigenvalue weighted by molar-refractivity contribution is 5.95. The highest BCUT2D eigenvalue weighted by atomic mass is 19.1. The van der Waals surface area contributed by atoms with Crippen molar-refractivity contribution < 1.29 is 23.8 Å². The zero-order valence-corrected chi connectivity index (χ0v) is 9.70. The lowest BCUT2D eigenvalue weighted by atomic mass is 10.1. The smallest absolute Gasteiger partial charge is 0.341 e. The summed E-state index contributed by atoms with van der Waals surface area (Å²) in [6.45, 7) is 4.90. The lowest BCUT2D eigenvalue weighted by Gasteiger charge is -2.19. The first-order chi connectivity index (χ1) is 7.72. The Morgan fingerprint density at radius 2 is 2.00 bits per heavy atom. The molecule has 0 spiro atoms. The topological polar surface area (TPSA) is 63.6 Å². The van der Waals surface area contributed by atoms with Gasteiger partial charge in [0.25, 0.3) is 0 Å². The molecular formula is C12H12FO4. The fourth-order valence-corrected chi connectivity index (χ4v) is 1.13. The van der Waals surface area contributed by atoms with Crippen molar-refractivity contribution in [1.82, 2.24) is 0 Å². The van der Waals surface area contributed by atoms with Gasteiger partial charge in [-0.05, 0) is 26.8 Å². The minimum Gasteiger partial charge on any atom is -0.478 e. The molecule has 0 heterocycles. The van der Waals surface area contributed by atoms with Gasteiger partial charge in [0.15, 0.2) is 5.82 Å². The number of hydrogen-bond acceptors (Lipinski definition) is 3. The van der Waals surface area contributed by atoms with Crippen molar-refractivity contribution in [3.63, 3.8) is 0 Å². The van der Waals surface area contributed by atoms with Crippen molar-refractivity contribution in [2.24, 2.45) is 0 Å². The minimum absolute atomic E-state index is 0.406. The minimum atomic E-state index is -1.48. The van der Waals surface area contributed by atoms with Crippen molar-refractivity contribution in [2.75, 3.05) is 0 Å². The molecule has 0 saturated carbocycles. The van der Waals surface area contributed by atoms with Gasteiger partial charge in [-0.15, -0.1) is 0 Å². The predicted molar refractivity (Wildman–Crippen MR) is 57.4 cm³/mol. The number of rotatable bonds is 2. The van der Waals surface area contributed by atoms with Gasteiger partial charge in [0.1, 0.15) is 11.2 Å². The van der Waals surface area contributed by atoms with Crippen molar-refractivity contribution in [3.8, 4) is 0 Å². The predicted octanol–water partition coefficient (Wildman–Crippen LogP) is 2.28. The lowest BCUT2D eigenvalue weighted by Crippen LogP contribution is -2.25. The van der Waals surface area contributed by atoms with E-state index in [1.54, 1.807) is 20.8 Å². The number of carbonyl (C=O) groups excluding carboxylic acids is 1. The van der Waals surface area contributed by atoms with E-state index in [2.05, 4.69) is 6.07 Å². The largest absolute Gasteiger partial charge is 0.478 e. The molecule has 4 nitrogen and oxygen atoms in total. The third kappa shape index (κ3) is 3.27. The molecule has 0 atom stereocenters. The van der Waals surface area contributed by atoms with E-state index in [4.69, 9.17) is 9.84 Å². The summed E-state index contributed by atoms with van der Waals surface area (Å²) in [6, 6.07) is 4.52. The molecule has 0 bridgehead atoms. The lowest BCUT2D eigenvalue weighted by molar-refractivity contribution is 0.00647. The Kier molecular flexibility index (Phi) is 3.50. The van der Waals surface area contributed by atoms with Crippen molar-refractivity contribution in [2.45, 2.75) is 26.4 Å². The molecule has 1 aromatic carbocycles. The second-order valence-electron chi connectivity index (χ2n) is 4.39. The Bertz CT molecular complexity index is 460. The molecule has 0 unspecified atom stereocenters. The van der Waals surface area contributed by atoms with Gasteiger partial charge in [-0.25, -0.2) is 14.0 Å². The molecule has 0 aliphatic rings. The first-order valence-electron chi connectivity index (χ1n) is 4.89. The van der Waals surface area contributed by atoms with Gasteiger partial charge in [-0.2, -0.15) is 0 Å². The summed E-state index contributed by atoms with van der Waals surface area (Å²) in [7, 11) is 0. The number of carboxylic acid groups (broad SMARTS) is 1. The standard InChI is InChI=1S/C12H12FO4/c1-12(2,3)17-11(16)8-6-4-5-7(9(8)13)10(14)15/h4,6H,1-3H3,(H,14,15). The van der Waals surface area contributed by atoms with Gasteiger partial charge < -0.3 is 9.84 Å². The van der Waals surface area contributed by atoms with Crippen LogP contribution < -0.4 is 0 Å². The van der Waals surface area contributed by atoms with Crippen LogP contribution in [0.25, 0.3) is 0 Å². The average Bonchev–Trinajstić information content (AvgIpc) is 2.14. The molecule has 17 heavy (non-hydrogen) atoms. The van der Waals surface area contributed by atoms with E-state index in [0.29, 0.717) is 0 Å². The summed E-state index contributed by atoms with van der Waals surface area (Å²) in [5, 5.41) is 8.68. The maximum absolute atomic E-state index is 13.6. The third-order valence-corrected chi connectivity index (χ3v) is 1.77. The number of hydrogen-bond donors (Lipinski definition) is 1. The van der Waals surface area contributed by atoms with E-state index in [9.17, 15) is 14.0 Å². The van der Waals surface area contributed by atoms with Crippen LogP contribution in [-0.4, -0.2) is 22.6 Å². The van der Waals surface area contributed by atoms with Crippen LogP contribution in [0.15, 0.2) is 12.1 Å². The van der Waals surface area contributed by atoms with Gasteiger partial charge in [0.2, 0.25) is 0 Å². The number of aromatic carboxylic acids is 1. The first kappa shape index (κ1) is 13.2. The number of esters is 1. The second kappa shape index (κ2) is 4.53. The Hall–Kier alpha value is -1.91. The monoisotopic (exact) mass is 239 g/mol. The molecule has 0 fully saturated rings. The Morgan fingerprint density at radius 1 is 1.41 bits per heavy atom. The molecule has 1 rings (SSSR count). The van der Waals surface area contributed by atoms with Gasteiger partial charge >= 0.3 is 11.9 Å². The van der Waals surface area contributed by atoms with Crippen molar-refractivity contribution in [1.29, 1.82) is 0 Å². The second-order valence-corrected chi connectivity index (χ2v) is 4.39. The molecule has 1 aromatic rings. The zero-order chi connectivity index (χ0) is 13.2. The average molecular weight is 239 g/mol. The van der Waals surface area contributed by atoms with E-state index in [-0.39, 0.29) is 0 Å². The number of halogens is 1. The molecule has 91 valence electrons. The fourth-order valence-electron chi connectivity index (χ4n) is 1.13. The Morgan fingerprint density at radius 3 is 2.47 bits per heavy atom. The SMILES string of the molecule is CC(C)(C)OC(=O)c1cc[c]c(C(=O)O)c1F. The van der Waals surface area contributed by atoms with Crippen LogP contribution in [-0.2, 0) is 4.74 Å². The highest BCUT2D eigenvalue weighted by Crippen LogP contribution is 2.17. The molecule has 0 aliphatic heterocycles. The first-order valence-corrected chi connectivity index (χ1v) is 4.89. The number of carbonyl (C=O) groups is 2. The summed E-state index contributed by atoms with van der Waals surface area (Å²) in [6.07, 6.45) is 0. The summed E-state index contributed by atoms with van der Waals surface area (Å²) in [4.78, 5) is 22.2. The molecule has 0 saturated heterocycles. The molecular weight excluding hydrogens is 227 g/mol. The molecule has 0 amide bonds. The van der Waals surface area contributed by atoms with Gasteiger partial charge in [0, 0.05) is 6.07 Å². The van der Waals surface area contributed by atoms with Crippen LogP contribution >= 0.6 is 0 Å². The third-order valence-electron chi connectivity index (χ3n) is 1.77. The zero-order valence-electron chi connectivity index (χ0n) is 9.70. The van der Waals surface area contributed by atoms with Crippen LogP contribution in [0.2, 0.25) is 0 Å².